The molecule has 20 heavy (non-hydrogen) atoms. The summed E-state index contributed by atoms with van der Waals surface area (Å²) in [5.41, 5.74) is -2.08. The first-order valence-corrected chi connectivity index (χ1v) is 5.59. The molecule has 3 amide bonds. The molecular weight excluding hydrogens is 277 g/mol. The van der Waals surface area contributed by atoms with Gasteiger partial charge in [0.1, 0.15) is 5.54 Å². The first-order chi connectivity index (χ1) is 9.20. The van der Waals surface area contributed by atoms with Crippen molar-refractivity contribution in [3.05, 3.63) is 23.5 Å². The third-order valence-corrected chi connectivity index (χ3v) is 2.90. The minimum absolute atomic E-state index is 0.362. The number of benzene rings is 1. The second-order valence-electron chi connectivity index (χ2n) is 4.73. The molecule has 0 aliphatic carbocycles. The number of nitrogens with one attached hydrogen (secondary N) is 1. The van der Waals surface area contributed by atoms with Crippen molar-refractivity contribution in [1.82, 2.24) is 5.32 Å². The Balaban J connectivity index is 2.60. The smallest absolute Gasteiger partial charge is 0.329 e. The number of carbonyl (C=O) groups excluding carboxylic acids is 2. The first kappa shape index (κ1) is 14.2. The summed E-state index contributed by atoms with van der Waals surface area (Å²) in [7, 11) is 0.970. The Labute approximate surface area is 112 Å². The van der Waals surface area contributed by atoms with Crippen molar-refractivity contribution in [3.8, 4) is 5.75 Å². The molecule has 0 unspecified atom stereocenters. The van der Waals surface area contributed by atoms with E-state index < -0.39 is 46.4 Å². The molecule has 1 aliphatic heterocycles. The van der Waals surface area contributed by atoms with Gasteiger partial charge in [-0.3, -0.25) is 4.79 Å². The van der Waals surface area contributed by atoms with Gasteiger partial charge >= 0.3 is 6.03 Å². The molecule has 1 aromatic rings. The van der Waals surface area contributed by atoms with Crippen molar-refractivity contribution < 1.29 is 27.5 Å². The maximum absolute atomic E-state index is 13.9. The van der Waals surface area contributed by atoms with E-state index in [4.69, 9.17) is 0 Å². The number of methoxy groups -OCH3 is 1. The molecule has 1 fully saturated rings. The maximum atomic E-state index is 13.9. The zero-order chi connectivity index (χ0) is 15.2. The lowest BCUT2D eigenvalue weighted by Crippen LogP contribution is -2.40. The Morgan fingerprint density at radius 3 is 2.25 bits per heavy atom. The lowest BCUT2D eigenvalue weighted by Gasteiger charge is -2.17. The van der Waals surface area contributed by atoms with E-state index in [0.717, 1.165) is 7.11 Å². The zero-order valence-corrected chi connectivity index (χ0v) is 10.9. The third-order valence-electron chi connectivity index (χ3n) is 2.90. The van der Waals surface area contributed by atoms with E-state index in [1.165, 1.54) is 13.8 Å². The molecule has 5 nitrogen and oxygen atoms in total. The molecule has 1 aliphatic rings. The molecule has 108 valence electrons. The van der Waals surface area contributed by atoms with Crippen LogP contribution in [0.15, 0.2) is 6.07 Å². The highest BCUT2D eigenvalue weighted by Crippen LogP contribution is 2.34. The molecule has 2 rings (SSSR count). The van der Waals surface area contributed by atoms with Gasteiger partial charge in [-0.2, -0.15) is 4.39 Å². The summed E-state index contributed by atoms with van der Waals surface area (Å²) in [6, 6.07) is -0.418. The van der Waals surface area contributed by atoms with E-state index in [1.807, 2.05) is 0 Å². The molecule has 0 atom stereocenters. The van der Waals surface area contributed by atoms with Crippen molar-refractivity contribution in [3.63, 3.8) is 0 Å². The number of carbonyl (C=O) groups is 2. The Kier molecular flexibility index (Phi) is 3.11. The molecule has 0 bridgehead atoms. The van der Waals surface area contributed by atoms with Gasteiger partial charge in [-0.25, -0.2) is 18.5 Å². The summed E-state index contributed by atoms with van der Waals surface area (Å²) >= 11 is 0. The van der Waals surface area contributed by atoms with Crippen LogP contribution in [0.5, 0.6) is 5.75 Å². The Morgan fingerprint density at radius 2 is 1.80 bits per heavy atom. The molecule has 8 heteroatoms. The normalized spacial score (nSPS) is 17.4. The van der Waals surface area contributed by atoms with Gasteiger partial charge < -0.3 is 10.1 Å². The van der Waals surface area contributed by atoms with Crippen LogP contribution >= 0.6 is 0 Å². The van der Waals surface area contributed by atoms with Gasteiger partial charge in [-0.15, -0.1) is 0 Å². The monoisotopic (exact) mass is 288 g/mol. The maximum Gasteiger partial charge on any atom is 0.329 e. The molecule has 1 heterocycles. The van der Waals surface area contributed by atoms with Crippen LogP contribution in [0.1, 0.15) is 13.8 Å². The third kappa shape index (κ3) is 1.87. The Morgan fingerprint density at radius 1 is 1.20 bits per heavy atom. The minimum Gasteiger partial charge on any atom is -0.491 e. The SMILES string of the molecule is COc1c(F)cc(N2C(=O)NC(C)(C)C2=O)c(F)c1F. The van der Waals surface area contributed by atoms with Crippen LogP contribution in [-0.2, 0) is 4.79 Å². The second kappa shape index (κ2) is 4.39. The molecule has 1 aromatic carbocycles. The Bertz CT molecular complexity index is 616. The van der Waals surface area contributed by atoms with Crippen LogP contribution in [0.25, 0.3) is 0 Å². The second-order valence-corrected chi connectivity index (χ2v) is 4.73. The number of nitrogens with zero attached hydrogens (tertiary/aromatic N) is 1. The van der Waals surface area contributed by atoms with Crippen LogP contribution in [0, 0.1) is 17.5 Å². The van der Waals surface area contributed by atoms with Gasteiger partial charge in [0.2, 0.25) is 5.82 Å². The predicted molar refractivity (Wildman–Crippen MR) is 63.0 cm³/mol. The van der Waals surface area contributed by atoms with Crippen LogP contribution < -0.4 is 15.0 Å². The summed E-state index contributed by atoms with van der Waals surface area (Å²) in [6.45, 7) is 2.78. The fourth-order valence-corrected chi connectivity index (χ4v) is 1.88. The molecule has 0 radical (unpaired) electrons. The molecule has 0 spiro atoms. The van der Waals surface area contributed by atoms with Gasteiger partial charge in [0.15, 0.2) is 17.4 Å². The number of imide groups is 1. The lowest BCUT2D eigenvalue weighted by atomic mass is 10.1. The van der Waals surface area contributed by atoms with E-state index in [1.54, 1.807) is 0 Å². The predicted octanol–water partition coefficient (Wildman–Crippen LogP) is 1.95. The number of hydrogen-bond donors (Lipinski definition) is 1. The number of halogens is 3. The van der Waals surface area contributed by atoms with Gasteiger partial charge in [0.05, 0.1) is 12.8 Å². The average molecular weight is 288 g/mol. The van der Waals surface area contributed by atoms with Crippen LogP contribution in [0.2, 0.25) is 0 Å². The van der Waals surface area contributed by atoms with Gasteiger partial charge in [-0.05, 0) is 13.8 Å². The van der Waals surface area contributed by atoms with Crippen molar-refractivity contribution >= 4 is 17.6 Å². The summed E-state index contributed by atoms with van der Waals surface area (Å²) in [5.74, 6) is -6.09. The van der Waals surface area contributed by atoms with E-state index in [9.17, 15) is 22.8 Å². The van der Waals surface area contributed by atoms with Crippen LogP contribution in [-0.4, -0.2) is 24.6 Å². The van der Waals surface area contributed by atoms with E-state index in [-0.39, 0.29) is 0 Å². The number of urea groups is 1. The van der Waals surface area contributed by atoms with Crippen molar-refractivity contribution in [2.24, 2.45) is 0 Å². The molecule has 0 aromatic heterocycles. The fourth-order valence-electron chi connectivity index (χ4n) is 1.88. The topological polar surface area (TPSA) is 58.6 Å². The molecule has 1 N–H and O–H groups in total. The van der Waals surface area contributed by atoms with Gasteiger partial charge in [-0.1, -0.05) is 0 Å². The first-order valence-electron chi connectivity index (χ1n) is 5.59. The van der Waals surface area contributed by atoms with Gasteiger partial charge in [0, 0.05) is 6.07 Å². The largest absolute Gasteiger partial charge is 0.491 e. The lowest BCUT2D eigenvalue weighted by molar-refractivity contribution is -0.121. The quantitative estimate of drug-likeness (QED) is 0.668. The zero-order valence-electron chi connectivity index (χ0n) is 10.9. The summed E-state index contributed by atoms with van der Waals surface area (Å²) in [4.78, 5) is 24.0. The standard InChI is InChI=1S/C12H11F3N2O3/c1-12(2)10(18)17(11(19)16-12)6-4-5(13)9(20-3)8(15)7(6)14/h4H,1-3H3,(H,16,19). The number of amides is 3. The highest BCUT2D eigenvalue weighted by molar-refractivity contribution is 6.23. The minimum atomic E-state index is -1.60. The highest BCUT2D eigenvalue weighted by atomic mass is 19.2. The molecule has 1 saturated heterocycles. The van der Waals surface area contributed by atoms with Crippen molar-refractivity contribution in [2.45, 2.75) is 19.4 Å². The van der Waals surface area contributed by atoms with E-state index in [0.29, 0.717) is 11.0 Å². The average Bonchev–Trinajstić information content (AvgIpc) is 2.54. The molecular formula is C12H11F3N2O3. The fraction of sp³-hybridized carbons (Fsp3) is 0.333. The van der Waals surface area contributed by atoms with Crippen molar-refractivity contribution in [1.29, 1.82) is 0 Å². The van der Waals surface area contributed by atoms with E-state index >= 15 is 0 Å². The van der Waals surface area contributed by atoms with Gasteiger partial charge in [0.25, 0.3) is 5.91 Å². The number of ether oxygens (including phenoxy) is 1. The number of anilines is 1. The van der Waals surface area contributed by atoms with Crippen LogP contribution in [0.3, 0.4) is 0 Å². The van der Waals surface area contributed by atoms with Crippen molar-refractivity contribution in [2.75, 3.05) is 12.0 Å². The summed E-state index contributed by atoms with van der Waals surface area (Å²) in [5, 5.41) is 2.28. The van der Waals surface area contributed by atoms with Crippen LogP contribution in [0.4, 0.5) is 23.7 Å². The summed E-state index contributed by atoms with van der Waals surface area (Å²) < 4.78 is 45.5. The summed E-state index contributed by atoms with van der Waals surface area (Å²) in [6.07, 6.45) is 0. The van der Waals surface area contributed by atoms with E-state index in [2.05, 4.69) is 10.1 Å². The molecule has 0 saturated carbocycles. The Hall–Kier alpha value is -2.25. The number of hydrogen-bond acceptors (Lipinski definition) is 3. The highest BCUT2D eigenvalue weighted by Gasteiger charge is 2.46. The number of rotatable bonds is 2.